The summed E-state index contributed by atoms with van der Waals surface area (Å²) in [5.41, 5.74) is -0.821. The maximum absolute atomic E-state index is 12.5. The zero-order chi connectivity index (χ0) is 14.6. The fourth-order valence-electron chi connectivity index (χ4n) is 1.25. The van der Waals surface area contributed by atoms with Gasteiger partial charge in [0, 0.05) is 12.7 Å². The van der Waals surface area contributed by atoms with Crippen LogP contribution in [0.5, 0.6) is 0 Å². The molecule has 1 N–H and O–H groups in total. The highest BCUT2D eigenvalue weighted by Gasteiger charge is 2.30. The third kappa shape index (κ3) is 3.88. The second kappa shape index (κ2) is 5.61. The summed E-state index contributed by atoms with van der Waals surface area (Å²) in [7, 11) is 1.39. The van der Waals surface area contributed by atoms with Crippen LogP contribution in [0.1, 0.15) is 12.5 Å². The van der Waals surface area contributed by atoms with Gasteiger partial charge in [-0.05, 0) is 25.1 Å². The van der Waals surface area contributed by atoms with Gasteiger partial charge in [0.15, 0.2) is 0 Å². The molecule has 0 fully saturated rings. The minimum atomic E-state index is -4.47. The molecule has 0 aromatic heterocycles. The average molecular weight is 271 g/mol. The third-order valence-electron chi connectivity index (χ3n) is 2.53. The lowest BCUT2D eigenvalue weighted by Gasteiger charge is -2.20. The highest BCUT2D eigenvalue weighted by molar-refractivity contribution is 5.89. The number of anilines is 1. The Morgan fingerprint density at radius 1 is 1.47 bits per heavy atom. The maximum atomic E-state index is 12.5. The van der Waals surface area contributed by atoms with Crippen LogP contribution in [-0.4, -0.2) is 24.0 Å². The van der Waals surface area contributed by atoms with Gasteiger partial charge < -0.3 is 10.2 Å². The number of nitrogens with one attached hydrogen (secondary N) is 1. The highest BCUT2D eigenvalue weighted by atomic mass is 19.4. The van der Waals surface area contributed by atoms with Gasteiger partial charge in [-0.1, -0.05) is 6.07 Å². The van der Waals surface area contributed by atoms with Crippen molar-refractivity contribution < 1.29 is 18.0 Å². The minimum absolute atomic E-state index is 0.0248. The molecule has 0 bridgehead atoms. The summed E-state index contributed by atoms with van der Waals surface area (Å²) in [6.07, 6.45) is -4.47. The van der Waals surface area contributed by atoms with Crippen LogP contribution in [0.25, 0.3) is 0 Å². The van der Waals surface area contributed by atoms with Gasteiger partial charge >= 0.3 is 12.2 Å². The summed E-state index contributed by atoms with van der Waals surface area (Å²) in [6.45, 7) is 1.51. The molecule has 0 aliphatic carbocycles. The number of amides is 2. The molecule has 0 aliphatic rings. The lowest BCUT2D eigenvalue weighted by molar-refractivity contribution is -0.137. The van der Waals surface area contributed by atoms with Crippen LogP contribution in [0.15, 0.2) is 24.3 Å². The number of alkyl halides is 3. The zero-order valence-corrected chi connectivity index (χ0v) is 10.3. The second-order valence-electron chi connectivity index (χ2n) is 3.92. The van der Waals surface area contributed by atoms with Gasteiger partial charge in [0.25, 0.3) is 0 Å². The molecular formula is C12H12F3N3O. The standard InChI is InChI=1S/C12H12F3N3O/c1-8(7-16)18(2)11(19)17-10-5-3-4-9(6-10)12(13,14)15/h3-6,8H,1-2H3,(H,17,19). The van der Waals surface area contributed by atoms with Crippen molar-refractivity contribution in [1.29, 1.82) is 5.26 Å². The first-order valence-corrected chi connectivity index (χ1v) is 5.36. The quantitative estimate of drug-likeness (QED) is 0.898. The number of nitriles is 1. The van der Waals surface area contributed by atoms with Gasteiger partial charge in [0.1, 0.15) is 6.04 Å². The first-order valence-electron chi connectivity index (χ1n) is 5.36. The Morgan fingerprint density at radius 2 is 2.11 bits per heavy atom. The summed E-state index contributed by atoms with van der Waals surface area (Å²) in [5, 5.41) is 11.0. The molecule has 4 nitrogen and oxygen atoms in total. The van der Waals surface area contributed by atoms with Gasteiger partial charge in [0.2, 0.25) is 0 Å². The van der Waals surface area contributed by atoms with Gasteiger partial charge in [-0.3, -0.25) is 0 Å². The zero-order valence-electron chi connectivity index (χ0n) is 10.3. The molecule has 1 aromatic carbocycles. The van der Waals surface area contributed by atoms with Crippen molar-refractivity contribution in [3.63, 3.8) is 0 Å². The maximum Gasteiger partial charge on any atom is 0.416 e. The molecule has 1 atom stereocenters. The monoisotopic (exact) mass is 271 g/mol. The van der Waals surface area contributed by atoms with Gasteiger partial charge in [-0.25, -0.2) is 4.79 Å². The van der Waals surface area contributed by atoms with E-state index in [0.717, 1.165) is 17.0 Å². The number of halogens is 3. The Hall–Kier alpha value is -2.23. The van der Waals surface area contributed by atoms with Crippen molar-refractivity contribution in [2.45, 2.75) is 19.1 Å². The topological polar surface area (TPSA) is 56.1 Å². The summed E-state index contributed by atoms with van der Waals surface area (Å²) in [4.78, 5) is 12.8. The normalized spacial score (nSPS) is 12.4. The molecule has 0 spiro atoms. The molecule has 0 saturated carbocycles. The van der Waals surface area contributed by atoms with E-state index in [1.807, 2.05) is 6.07 Å². The molecule has 7 heteroatoms. The van der Waals surface area contributed by atoms with E-state index in [9.17, 15) is 18.0 Å². The number of urea groups is 1. The van der Waals surface area contributed by atoms with Gasteiger partial charge in [0.05, 0.1) is 11.6 Å². The first-order chi connectivity index (χ1) is 8.75. The Labute approximate surface area is 108 Å². The smallest absolute Gasteiger partial charge is 0.312 e. The molecule has 0 radical (unpaired) electrons. The summed E-state index contributed by atoms with van der Waals surface area (Å²) in [5.74, 6) is 0. The van der Waals surface area contributed by atoms with E-state index in [1.54, 1.807) is 0 Å². The van der Waals surface area contributed by atoms with E-state index in [1.165, 1.54) is 26.1 Å². The molecule has 0 saturated heterocycles. The van der Waals surface area contributed by atoms with Crippen molar-refractivity contribution in [3.05, 3.63) is 29.8 Å². The van der Waals surface area contributed by atoms with E-state index in [2.05, 4.69) is 5.32 Å². The highest BCUT2D eigenvalue weighted by Crippen LogP contribution is 2.30. The van der Waals surface area contributed by atoms with E-state index >= 15 is 0 Å². The van der Waals surface area contributed by atoms with Crippen LogP contribution in [0.4, 0.5) is 23.7 Å². The van der Waals surface area contributed by atoms with Crippen LogP contribution >= 0.6 is 0 Å². The largest absolute Gasteiger partial charge is 0.416 e. The lowest BCUT2D eigenvalue weighted by atomic mass is 10.2. The van der Waals surface area contributed by atoms with Crippen molar-refractivity contribution in [3.8, 4) is 6.07 Å². The van der Waals surface area contributed by atoms with E-state index < -0.39 is 23.8 Å². The Bertz CT molecular complexity index is 508. The van der Waals surface area contributed by atoms with Gasteiger partial charge in [-0.2, -0.15) is 18.4 Å². The minimum Gasteiger partial charge on any atom is -0.312 e. The van der Waals surface area contributed by atoms with Crippen molar-refractivity contribution in [1.82, 2.24) is 4.90 Å². The van der Waals surface area contributed by atoms with Crippen LogP contribution in [0.2, 0.25) is 0 Å². The van der Waals surface area contributed by atoms with Crippen molar-refractivity contribution in [2.75, 3.05) is 12.4 Å². The van der Waals surface area contributed by atoms with E-state index in [4.69, 9.17) is 5.26 Å². The number of carbonyl (C=O) groups excluding carboxylic acids is 1. The molecule has 2 amide bonds. The number of carbonyl (C=O) groups is 1. The number of nitrogens with zero attached hydrogens (tertiary/aromatic N) is 2. The number of benzene rings is 1. The molecule has 0 heterocycles. The fourth-order valence-corrected chi connectivity index (χ4v) is 1.25. The molecule has 1 aromatic rings. The van der Waals surface area contributed by atoms with E-state index in [-0.39, 0.29) is 5.69 Å². The fraction of sp³-hybridized carbons (Fsp3) is 0.333. The second-order valence-corrected chi connectivity index (χ2v) is 3.92. The third-order valence-corrected chi connectivity index (χ3v) is 2.53. The first kappa shape index (κ1) is 14.8. The molecule has 1 unspecified atom stereocenters. The lowest BCUT2D eigenvalue weighted by Crippen LogP contribution is -2.37. The summed E-state index contributed by atoms with van der Waals surface area (Å²) < 4.78 is 37.4. The Balaban J connectivity index is 2.84. The van der Waals surface area contributed by atoms with Crippen LogP contribution in [0, 0.1) is 11.3 Å². The van der Waals surface area contributed by atoms with Crippen molar-refractivity contribution in [2.24, 2.45) is 0 Å². The van der Waals surface area contributed by atoms with Crippen LogP contribution in [-0.2, 0) is 6.18 Å². The Morgan fingerprint density at radius 3 is 2.63 bits per heavy atom. The molecule has 0 aliphatic heterocycles. The average Bonchev–Trinajstić information content (AvgIpc) is 2.36. The van der Waals surface area contributed by atoms with Crippen LogP contribution in [0.3, 0.4) is 0 Å². The summed E-state index contributed by atoms with van der Waals surface area (Å²) >= 11 is 0. The SMILES string of the molecule is CC(C#N)N(C)C(=O)Nc1cccc(C(F)(F)F)c1. The predicted octanol–water partition coefficient (Wildman–Crippen LogP) is 3.08. The van der Waals surface area contributed by atoms with Gasteiger partial charge in [-0.15, -0.1) is 0 Å². The predicted molar refractivity (Wildman–Crippen MR) is 63.3 cm³/mol. The number of hydrogen-bond acceptors (Lipinski definition) is 2. The number of hydrogen-bond donors (Lipinski definition) is 1. The molecule has 19 heavy (non-hydrogen) atoms. The molecule has 1 rings (SSSR count). The molecule has 102 valence electrons. The van der Waals surface area contributed by atoms with E-state index in [0.29, 0.717) is 0 Å². The number of rotatable bonds is 2. The molecular weight excluding hydrogens is 259 g/mol. The van der Waals surface area contributed by atoms with Crippen molar-refractivity contribution >= 4 is 11.7 Å². The Kier molecular flexibility index (Phi) is 4.38. The van der Waals surface area contributed by atoms with Crippen LogP contribution < -0.4 is 5.32 Å². The summed E-state index contributed by atoms with van der Waals surface area (Å²) in [6, 6.07) is 4.83.